The quantitative estimate of drug-likeness (QED) is 0.941. The molecule has 0 aliphatic carbocycles. The third-order valence-corrected chi connectivity index (χ3v) is 3.98. The first-order chi connectivity index (χ1) is 9.36. The summed E-state index contributed by atoms with van der Waals surface area (Å²) >= 11 is 0. The molecule has 0 aliphatic heterocycles. The SMILES string of the molecule is C[C@@H](O)c1ccc(Oc2ccc(S(C)(=O)=O)cc2)cc1. The molecule has 0 fully saturated rings. The van der Waals surface area contributed by atoms with Crippen LogP contribution in [0.2, 0.25) is 0 Å². The second kappa shape index (κ2) is 5.64. The van der Waals surface area contributed by atoms with Crippen LogP contribution < -0.4 is 4.74 Å². The van der Waals surface area contributed by atoms with E-state index in [2.05, 4.69) is 0 Å². The molecule has 0 heterocycles. The zero-order valence-electron chi connectivity index (χ0n) is 11.3. The predicted molar refractivity (Wildman–Crippen MR) is 76.7 cm³/mol. The van der Waals surface area contributed by atoms with Gasteiger partial charge in [0.2, 0.25) is 0 Å². The summed E-state index contributed by atoms with van der Waals surface area (Å²) in [4.78, 5) is 0.259. The Labute approximate surface area is 118 Å². The van der Waals surface area contributed by atoms with E-state index < -0.39 is 15.9 Å². The van der Waals surface area contributed by atoms with Crippen molar-refractivity contribution in [3.8, 4) is 11.5 Å². The number of benzene rings is 2. The molecule has 0 amide bonds. The predicted octanol–water partition coefficient (Wildman–Crippen LogP) is 2.94. The number of sulfone groups is 1. The van der Waals surface area contributed by atoms with E-state index in [1.54, 1.807) is 43.3 Å². The zero-order chi connectivity index (χ0) is 14.8. The molecule has 4 nitrogen and oxygen atoms in total. The van der Waals surface area contributed by atoms with Gasteiger partial charge in [-0.2, -0.15) is 0 Å². The van der Waals surface area contributed by atoms with Crippen LogP contribution in [0.4, 0.5) is 0 Å². The molecule has 1 N–H and O–H groups in total. The standard InChI is InChI=1S/C15H16O4S/c1-11(16)12-3-5-13(6-4-12)19-14-7-9-15(10-8-14)20(2,17)18/h3-11,16H,1-2H3/t11-/m1/s1. The van der Waals surface area contributed by atoms with E-state index in [1.807, 2.05) is 0 Å². The van der Waals surface area contributed by atoms with Crippen LogP contribution in [0, 0.1) is 0 Å². The van der Waals surface area contributed by atoms with E-state index in [9.17, 15) is 13.5 Å². The second-order valence-electron chi connectivity index (χ2n) is 4.59. The summed E-state index contributed by atoms with van der Waals surface area (Å²) in [7, 11) is -3.19. The van der Waals surface area contributed by atoms with E-state index in [0.717, 1.165) is 11.8 Å². The second-order valence-corrected chi connectivity index (χ2v) is 6.61. The molecule has 20 heavy (non-hydrogen) atoms. The molecule has 0 unspecified atom stereocenters. The number of hydrogen-bond donors (Lipinski definition) is 1. The van der Waals surface area contributed by atoms with Gasteiger partial charge in [0.1, 0.15) is 11.5 Å². The van der Waals surface area contributed by atoms with Gasteiger partial charge in [0.15, 0.2) is 9.84 Å². The molecule has 5 heteroatoms. The van der Waals surface area contributed by atoms with E-state index in [1.165, 1.54) is 12.1 Å². The third kappa shape index (κ3) is 3.59. The van der Waals surface area contributed by atoms with Crippen LogP contribution in [0.25, 0.3) is 0 Å². The molecular formula is C15H16O4S. The Kier molecular flexibility index (Phi) is 4.11. The van der Waals surface area contributed by atoms with Crippen molar-refractivity contribution in [1.29, 1.82) is 0 Å². The fraction of sp³-hybridized carbons (Fsp3) is 0.200. The van der Waals surface area contributed by atoms with Gasteiger partial charge in [-0.25, -0.2) is 8.42 Å². The fourth-order valence-electron chi connectivity index (χ4n) is 1.71. The van der Waals surface area contributed by atoms with Crippen molar-refractivity contribution in [2.45, 2.75) is 17.9 Å². The van der Waals surface area contributed by atoms with Crippen molar-refractivity contribution in [1.82, 2.24) is 0 Å². The van der Waals surface area contributed by atoms with Crippen LogP contribution >= 0.6 is 0 Å². The maximum absolute atomic E-state index is 11.3. The lowest BCUT2D eigenvalue weighted by Crippen LogP contribution is -1.96. The summed E-state index contributed by atoms with van der Waals surface area (Å²) in [5.41, 5.74) is 0.810. The first-order valence-corrected chi connectivity index (χ1v) is 8.01. The molecule has 2 rings (SSSR count). The normalized spacial score (nSPS) is 12.9. The van der Waals surface area contributed by atoms with Crippen LogP contribution in [-0.4, -0.2) is 19.8 Å². The largest absolute Gasteiger partial charge is 0.457 e. The van der Waals surface area contributed by atoms with Gasteiger partial charge in [0.25, 0.3) is 0 Å². The smallest absolute Gasteiger partial charge is 0.175 e. The van der Waals surface area contributed by atoms with Crippen molar-refractivity contribution in [3.63, 3.8) is 0 Å². The summed E-state index contributed by atoms with van der Waals surface area (Å²) in [6, 6.07) is 13.3. The minimum atomic E-state index is -3.19. The molecule has 0 aromatic heterocycles. The van der Waals surface area contributed by atoms with Crippen molar-refractivity contribution in [2.75, 3.05) is 6.26 Å². The van der Waals surface area contributed by atoms with Crippen molar-refractivity contribution in [3.05, 3.63) is 54.1 Å². The highest BCUT2D eigenvalue weighted by molar-refractivity contribution is 7.90. The number of aliphatic hydroxyl groups is 1. The minimum Gasteiger partial charge on any atom is -0.457 e. The topological polar surface area (TPSA) is 63.6 Å². The monoisotopic (exact) mass is 292 g/mol. The fourth-order valence-corrected chi connectivity index (χ4v) is 2.34. The van der Waals surface area contributed by atoms with Gasteiger partial charge in [-0.15, -0.1) is 0 Å². The van der Waals surface area contributed by atoms with E-state index in [-0.39, 0.29) is 4.90 Å². The van der Waals surface area contributed by atoms with E-state index >= 15 is 0 Å². The van der Waals surface area contributed by atoms with Crippen molar-refractivity contribution < 1.29 is 18.3 Å². The molecular weight excluding hydrogens is 276 g/mol. The average molecular weight is 292 g/mol. The van der Waals surface area contributed by atoms with Gasteiger partial charge in [-0.05, 0) is 48.9 Å². The molecule has 2 aromatic rings. The van der Waals surface area contributed by atoms with E-state index in [0.29, 0.717) is 11.5 Å². The molecule has 0 bridgehead atoms. The van der Waals surface area contributed by atoms with Gasteiger partial charge >= 0.3 is 0 Å². The maximum atomic E-state index is 11.3. The highest BCUT2D eigenvalue weighted by atomic mass is 32.2. The lowest BCUT2D eigenvalue weighted by Gasteiger charge is -2.08. The Morgan fingerprint density at radius 3 is 1.80 bits per heavy atom. The first kappa shape index (κ1) is 14.6. The highest BCUT2D eigenvalue weighted by Crippen LogP contribution is 2.24. The molecule has 0 saturated carbocycles. The Hall–Kier alpha value is -1.85. The molecule has 0 aliphatic rings. The molecule has 1 atom stereocenters. The zero-order valence-corrected chi connectivity index (χ0v) is 12.1. The molecule has 0 radical (unpaired) electrons. The summed E-state index contributed by atoms with van der Waals surface area (Å²) < 4.78 is 28.3. The van der Waals surface area contributed by atoms with Crippen LogP contribution in [0.1, 0.15) is 18.6 Å². The molecule has 106 valence electrons. The Morgan fingerprint density at radius 1 is 0.950 bits per heavy atom. The van der Waals surface area contributed by atoms with Gasteiger partial charge < -0.3 is 9.84 Å². The van der Waals surface area contributed by atoms with Crippen LogP contribution in [0.5, 0.6) is 11.5 Å². The Morgan fingerprint density at radius 2 is 1.40 bits per heavy atom. The van der Waals surface area contributed by atoms with Gasteiger partial charge in [-0.1, -0.05) is 12.1 Å². The number of aliphatic hydroxyl groups excluding tert-OH is 1. The van der Waals surface area contributed by atoms with Gasteiger partial charge in [-0.3, -0.25) is 0 Å². The summed E-state index contributed by atoms with van der Waals surface area (Å²) in [5, 5.41) is 9.41. The lowest BCUT2D eigenvalue weighted by atomic mass is 10.1. The van der Waals surface area contributed by atoms with Gasteiger partial charge in [0, 0.05) is 6.26 Å². The van der Waals surface area contributed by atoms with Crippen LogP contribution in [0.3, 0.4) is 0 Å². The highest BCUT2D eigenvalue weighted by Gasteiger charge is 2.07. The average Bonchev–Trinajstić information content (AvgIpc) is 2.39. The number of rotatable bonds is 4. The third-order valence-electron chi connectivity index (χ3n) is 2.85. The first-order valence-electron chi connectivity index (χ1n) is 6.12. The Bertz CT molecular complexity index is 671. The number of ether oxygens (including phenoxy) is 1. The lowest BCUT2D eigenvalue weighted by molar-refractivity contribution is 0.199. The van der Waals surface area contributed by atoms with Gasteiger partial charge in [0.05, 0.1) is 11.0 Å². The van der Waals surface area contributed by atoms with Crippen LogP contribution in [0.15, 0.2) is 53.4 Å². The van der Waals surface area contributed by atoms with E-state index in [4.69, 9.17) is 4.74 Å². The summed E-state index contributed by atoms with van der Waals surface area (Å²) in [6.45, 7) is 1.69. The molecule has 0 saturated heterocycles. The maximum Gasteiger partial charge on any atom is 0.175 e. The van der Waals surface area contributed by atoms with Crippen molar-refractivity contribution in [2.24, 2.45) is 0 Å². The molecule has 0 spiro atoms. The number of hydrogen-bond acceptors (Lipinski definition) is 4. The molecule has 2 aromatic carbocycles. The minimum absolute atomic E-state index is 0.259. The Balaban J connectivity index is 2.14. The van der Waals surface area contributed by atoms with Crippen molar-refractivity contribution >= 4 is 9.84 Å². The summed E-state index contributed by atoms with van der Waals surface area (Å²) in [5.74, 6) is 1.18. The van der Waals surface area contributed by atoms with Crippen LogP contribution in [-0.2, 0) is 9.84 Å². The summed E-state index contributed by atoms with van der Waals surface area (Å²) in [6.07, 6.45) is 0.649.